The number of anilines is 2. The number of nitrogens with zero attached hydrogens (tertiary/aromatic N) is 1. The lowest BCUT2D eigenvalue weighted by atomic mass is 10.1. The first kappa shape index (κ1) is 18.7. The third kappa shape index (κ3) is 3.87. The largest absolute Gasteiger partial charge is 0.438 e. The van der Waals surface area contributed by atoms with E-state index in [9.17, 15) is 4.79 Å². The number of fused-ring (bicyclic) bond motifs is 1. The maximum atomic E-state index is 12.7. The predicted molar refractivity (Wildman–Crippen MR) is 109 cm³/mol. The molecule has 0 aliphatic rings. The highest BCUT2D eigenvalue weighted by Gasteiger charge is 2.14. The summed E-state index contributed by atoms with van der Waals surface area (Å²) >= 11 is 0. The SMILES string of the molecule is CCN(CC)c1ccc2cc(C(=O)Nc3ccc(C)cc3C)c(=N)oc2c1. The van der Waals surface area contributed by atoms with Crippen molar-refractivity contribution >= 4 is 28.3 Å². The molecule has 0 bridgehead atoms. The van der Waals surface area contributed by atoms with Crippen LogP contribution in [0.5, 0.6) is 0 Å². The van der Waals surface area contributed by atoms with Crippen molar-refractivity contribution < 1.29 is 9.21 Å². The zero-order valence-electron chi connectivity index (χ0n) is 16.2. The average molecular weight is 363 g/mol. The third-order valence-corrected chi connectivity index (χ3v) is 4.76. The van der Waals surface area contributed by atoms with E-state index in [-0.39, 0.29) is 17.0 Å². The summed E-state index contributed by atoms with van der Waals surface area (Å²) in [7, 11) is 0. The Kier molecular flexibility index (Phi) is 5.31. The Hall–Kier alpha value is -3.08. The molecule has 0 radical (unpaired) electrons. The van der Waals surface area contributed by atoms with Gasteiger partial charge in [0.25, 0.3) is 5.91 Å². The lowest BCUT2D eigenvalue weighted by molar-refractivity contribution is 0.102. The van der Waals surface area contributed by atoms with E-state index >= 15 is 0 Å². The summed E-state index contributed by atoms with van der Waals surface area (Å²) in [5.74, 6) is -0.342. The predicted octanol–water partition coefficient (Wildman–Crippen LogP) is 4.63. The number of aryl methyl sites for hydroxylation is 2. The second-order valence-electron chi connectivity index (χ2n) is 6.66. The van der Waals surface area contributed by atoms with E-state index in [1.165, 1.54) is 0 Å². The summed E-state index contributed by atoms with van der Waals surface area (Å²) in [6.45, 7) is 9.94. The van der Waals surface area contributed by atoms with Crippen molar-refractivity contribution in [3.63, 3.8) is 0 Å². The molecule has 0 unspecified atom stereocenters. The standard InChI is InChI=1S/C22H25N3O2/c1-5-25(6-2)17-9-8-16-12-18(21(23)27-20(16)13-17)22(26)24-19-10-7-14(3)11-15(19)4/h7-13,23H,5-6H2,1-4H3,(H,24,26). The second kappa shape index (κ2) is 7.66. The van der Waals surface area contributed by atoms with E-state index in [0.717, 1.165) is 41.0 Å². The monoisotopic (exact) mass is 363 g/mol. The van der Waals surface area contributed by atoms with Crippen molar-refractivity contribution in [3.05, 3.63) is 64.7 Å². The van der Waals surface area contributed by atoms with E-state index in [1.807, 2.05) is 50.2 Å². The van der Waals surface area contributed by atoms with Crippen LogP contribution in [0.4, 0.5) is 11.4 Å². The second-order valence-corrected chi connectivity index (χ2v) is 6.66. The van der Waals surface area contributed by atoms with Crippen molar-refractivity contribution in [2.45, 2.75) is 27.7 Å². The van der Waals surface area contributed by atoms with Crippen LogP contribution in [-0.2, 0) is 0 Å². The quantitative estimate of drug-likeness (QED) is 0.694. The summed E-state index contributed by atoms with van der Waals surface area (Å²) in [5.41, 5.74) is 4.59. The fourth-order valence-corrected chi connectivity index (χ4v) is 3.21. The van der Waals surface area contributed by atoms with E-state index in [4.69, 9.17) is 9.83 Å². The van der Waals surface area contributed by atoms with E-state index in [1.54, 1.807) is 6.07 Å². The van der Waals surface area contributed by atoms with Crippen LogP contribution in [0.25, 0.3) is 11.0 Å². The van der Waals surface area contributed by atoms with Gasteiger partial charge in [0.2, 0.25) is 5.55 Å². The molecule has 1 amide bonds. The van der Waals surface area contributed by atoms with Gasteiger partial charge in [0.1, 0.15) is 11.1 Å². The Balaban J connectivity index is 1.95. The molecule has 0 fully saturated rings. The highest BCUT2D eigenvalue weighted by molar-refractivity contribution is 6.05. The minimum absolute atomic E-state index is 0.138. The van der Waals surface area contributed by atoms with Gasteiger partial charge in [0, 0.05) is 35.9 Å². The molecule has 5 nitrogen and oxygen atoms in total. The minimum Gasteiger partial charge on any atom is -0.438 e. The number of nitrogens with one attached hydrogen (secondary N) is 2. The number of rotatable bonds is 5. The lowest BCUT2D eigenvalue weighted by Gasteiger charge is -2.21. The third-order valence-electron chi connectivity index (χ3n) is 4.76. The Morgan fingerprint density at radius 3 is 2.48 bits per heavy atom. The summed E-state index contributed by atoms with van der Waals surface area (Å²) in [6.07, 6.45) is 0. The van der Waals surface area contributed by atoms with Crippen LogP contribution < -0.4 is 15.8 Å². The van der Waals surface area contributed by atoms with Crippen LogP contribution in [0.3, 0.4) is 0 Å². The van der Waals surface area contributed by atoms with Crippen LogP contribution in [-0.4, -0.2) is 19.0 Å². The van der Waals surface area contributed by atoms with Gasteiger partial charge >= 0.3 is 0 Å². The molecule has 3 rings (SSSR count). The minimum atomic E-state index is -0.342. The molecule has 140 valence electrons. The lowest BCUT2D eigenvalue weighted by Crippen LogP contribution is -2.22. The number of benzene rings is 2. The molecule has 27 heavy (non-hydrogen) atoms. The highest BCUT2D eigenvalue weighted by atomic mass is 16.3. The fourth-order valence-electron chi connectivity index (χ4n) is 3.21. The zero-order chi connectivity index (χ0) is 19.6. The highest BCUT2D eigenvalue weighted by Crippen LogP contribution is 2.22. The molecule has 1 heterocycles. The first-order valence-corrected chi connectivity index (χ1v) is 9.19. The summed E-state index contributed by atoms with van der Waals surface area (Å²) in [5, 5.41) is 11.8. The Morgan fingerprint density at radius 2 is 1.81 bits per heavy atom. The summed E-state index contributed by atoms with van der Waals surface area (Å²) < 4.78 is 5.66. The van der Waals surface area contributed by atoms with E-state index in [2.05, 4.69) is 24.1 Å². The van der Waals surface area contributed by atoms with Gasteiger partial charge in [-0.25, -0.2) is 0 Å². The first-order chi connectivity index (χ1) is 12.9. The van der Waals surface area contributed by atoms with Crippen LogP contribution in [0.15, 0.2) is 46.9 Å². The maximum absolute atomic E-state index is 12.7. The number of hydrogen-bond acceptors (Lipinski definition) is 4. The Morgan fingerprint density at radius 1 is 1.07 bits per heavy atom. The van der Waals surface area contributed by atoms with E-state index in [0.29, 0.717) is 5.58 Å². The maximum Gasteiger partial charge on any atom is 0.261 e. The zero-order valence-corrected chi connectivity index (χ0v) is 16.2. The molecule has 3 aromatic rings. The van der Waals surface area contributed by atoms with Crippen molar-refractivity contribution in [1.29, 1.82) is 5.41 Å². The van der Waals surface area contributed by atoms with Gasteiger partial charge < -0.3 is 14.6 Å². The van der Waals surface area contributed by atoms with Crippen molar-refractivity contribution in [2.75, 3.05) is 23.3 Å². The molecule has 0 saturated heterocycles. The van der Waals surface area contributed by atoms with Gasteiger partial charge in [-0.2, -0.15) is 0 Å². The Labute approximate surface area is 159 Å². The molecular weight excluding hydrogens is 338 g/mol. The molecule has 0 aliphatic carbocycles. The molecule has 5 heteroatoms. The van der Waals surface area contributed by atoms with E-state index < -0.39 is 0 Å². The number of amides is 1. The molecule has 2 N–H and O–H groups in total. The van der Waals surface area contributed by atoms with Gasteiger partial charge in [-0.05, 0) is 57.5 Å². The molecule has 0 spiro atoms. The van der Waals surface area contributed by atoms with Crippen LogP contribution in [0, 0.1) is 19.3 Å². The van der Waals surface area contributed by atoms with Crippen molar-refractivity contribution in [3.8, 4) is 0 Å². The molecule has 2 aromatic carbocycles. The number of carbonyl (C=O) groups excluding carboxylic acids is 1. The van der Waals surface area contributed by atoms with Crippen LogP contribution in [0.2, 0.25) is 0 Å². The Bertz CT molecular complexity index is 1050. The fraction of sp³-hybridized carbons (Fsp3) is 0.273. The molecular formula is C22H25N3O2. The molecule has 1 aromatic heterocycles. The van der Waals surface area contributed by atoms with Crippen LogP contribution >= 0.6 is 0 Å². The smallest absolute Gasteiger partial charge is 0.261 e. The van der Waals surface area contributed by atoms with Crippen molar-refractivity contribution in [2.24, 2.45) is 0 Å². The molecule has 0 aliphatic heterocycles. The topological polar surface area (TPSA) is 69.3 Å². The number of carbonyl (C=O) groups is 1. The summed E-state index contributed by atoms with van der Waals surface area (Å²) in [4.78, 5) is 14.9. The van der Waals surface area contributed by atoms with Crippen molar-refractivity contribution in [1.82, 2.24) is 0 Å². The molecule has 0 atom stereocenters. The van der Waals surface area contributed by atoms with Crippen LogP contribution in [0.1, 0.15) is 35.3 Å². The van der Waals surface area contributed by atoms with Gasteiger partial charge in [0.15, 0.2) is 0 Å². The van der Waals surface area contributed by atoms with Gasteiger partial charge in [-0.1, -0.05) is 17.7 Å². The number of hydrogen-bond donors (Lipinski definition) is 2. The normalized spacial score (nSPS) is 10.8. The van der Waals surface area contributed by atoms with Gasteiger partial charge in [0.05, 0.1) is 0 Å². The van der Waals surface area contributed by atoms with Gasteiger partial charge in [-0.3, -0.25) is 10.2 Å². The first-order valence-electron chi connectivity index (χ1n) is 9.19. The summed E-state index contributed by atoms with van der Waals surface area (Å²) in [6, 6.07) is 13.4. The molecule has 0 saturated carbocycles. The van der Waals surface area contributed by atoms with Gasteiger partial charge in [-0.15, -0.1) is 0 Å². The average Bonchev–Trinajstić information content (AvgIpc) is 2.64.